The quantitative estimate of drug-likeness (QED) is 0.818. The molecule has 0 saturated carbocycles. The summed E-state index contributed by atoms with van der Waals surface area (Å²) in [4.78, 5) is 17.2. The van der Waals surface area contributed by atoms with Gasteiger partial charge in [-0.25, -0.2) is 4.79 Å². The average molecular weight is 247 g/mol. The molecule has 1 saturated heterocycles. The summed E-state index contributed by atoms with van der Waals surface area (Å²) in [6, 6.07) is 10.3. The molecule has 0 spiro atoms. The van der Waals surface area contributed by atoms with Crippen molar-refractivity contribution in [2.75, 3.05) is 6.54 Å². The Morgan fingerprint density at radius 1 is 1.28 bits per heavy atom. The summed E-state index contributed by atoms with van der Waals surface area (Å²) in [6.07, 6.45) is 0.900. The third-order valence-electron chi connectivity index (χ3n) is 3.41. The molecule has 0 aromatic heterocycles. The van der Waals surface area contributed by atoms with Gasteiger partial charge in [0.25, 0.3) is 0 Å². The monoisotopic (exact) mass is 247 g/mol. The van der Waals surface area contributed by atoms with Gasteiger partial charge in [0.05, 0.1) is 12.0 Å². The van der Waals surface area contributed by atoms with Crippen LogP contribution in [0.3, 0.4) is 0 Å². The van der Waals surface area contributed by atoms with E-state index in [9.17, 15) is 4.79 Å². The molecule has 0 unspecified atom stereocenters. The van der Waals surface area contributed by atoms with Crippen molar-refractivity contribution in [3.8, 4) is 0 Å². The van der Waals surface area contributed by atoms with Crippen LogP contribution in [0.2, 0.25) is 0 Å². The lowest BCUT2D eigenvalue weighted by molar-refractivity contribution is -0.179. The van der Waals surface area contributed by atoms with Gasteiger partial charge in [-0.1, -0.05) is 44.2 Å². The third kappa shape index (κ3) is 2.91. The minimum Gasteiger partial charge on any atom is -0.367 e. The Bertz CT molecular complexity index is 402. The number of carbonyl (C=O) groups excluding carboxylic acids is 1. The lowest BCUT2D eigenvalue weighted by Crippen LogP contribution is -2.23. The van der Waals surface area contributed by atoms with Crippen LogP contribution in [-0.2, 0) is 9.63 Å². The number of rotatable bonds is 4. The molecule has 1 aromatic carbocycles. The molecule has 0 amide bonds. The standard InChI is InChI=1S/C15H21NO2/c1-11(2)9-14-10-16(18-15(14)17)12(3)13-7-5-4-6-8-13/h4-8,11-12,14H,9-10H2,1-3H3/t12-,14+/m0/s1. The van der Waals surface area contributed by atoms with Crippen molar-refractivity contribution in [2.24, 2.45) is 11.8 Å². The van der Waals surface area contributed by atoms with Gasteiger partial charge in [-0.2, -0.15) is 0 Å². The van der Waals surface area contributed by atoms with Crippen LogP contribution in [0.25, 0.3) is 0 Å². The van der Waals surface area contributed by atoms with Gasteiger partial charge in [-0.05, 0) is 24.8 Å². The minimum atomic E-state index is -0.0773. The molecule has 3 heteroatoms. The van der Waals surface area contributed by atoms with E-state index in [2.05, 4.69) is 32.9 Å². The van der Waals surface area contributed by atoms with Gasteiger partial charge in [0.1, 0.15) is 0 Å². The Morgan fingerprint density at radius 2 is 1.94 bits per heavy atom. The van der Waals surface area contributed by atoms with Crippen molar-refractivity contribution in [1.82, 2.24) is 5.06 Å². The fraction of sp³-hybridized carbons (Fsp3) is 0.533. The van der Waals surface area contributed by atoms with E-state index >= 15 is 0 Å². The molecular weight excluding hydrogens is 226 g/mol. The van der Waals surface area contributed by atoms with Crippen LogP contribution in [0, 0.1) is 11.8 Å². The molecule has 1 aliphatic rings. The van der Waals surface area contributed by atoms with E-state index in [1.165, 1.54) is 5.56 Å². The SMILES string of the molecule is CC(C)C[C@@H]1CN([C@@H](C)c2ccccc2)OC1=O. The van der Waals surface area contributed by atoms with Gasteiger partial charge in [0.2, 0.25) is 0 Å². The molecule has 1 heterocycles. The van der Waals surface area contributed by atoms with Crippen LogP contribution < -0.4 is 0 Å². The number of nitrogens with zero attached hydrogens (tertiary/aromatic N) is 1. The van der Waals surface area contributed by atoms with Crippen LogP contribution >= 0.6 is 0 Å². The minimum absolute atomic E-state index is 0.0242. The van der Waals surface area contributed by atoms with E-state index in [0.29, 0.717) is 12.5 Å². The lowest BCUT2D eigenvalue weighted by atomic mass is 9.97. The predicted octanol–water partition coefficient (Wildman–Crippen LogP) is 3.18. The zero-order chi connectivity index (χ0) is 13.1. The third-order valence-corrected chi connectivity index (χ3v) is 3.41. The molecule has 1 aromatic rings. The summed E-state index contributed by atoms with van der Waals surface area (Å²) < 4.78 is 0. The van der Waals surface area contributed by atoms with Crippen molar-refractivity contribution in [2.45, 2.75) is 33.2 Å². The zero-order valence-electron chi connectivity index (χ0n) is 11.3. The van der Waals surface area contributed by atoms with Crippen LogP contribution in [0.1, 0.15) is 38.8 Å². The molecule has 18 heavy (non-hydrogen) atoms. The molecule has 0 radical (unpaired) electrons. The molecule has 0 N–H and O–H groups in total. The second-order valence-electron chi connectivity index (χ2n) is 5.42. The normalized spacial score (nSPS) is 22.2. The molecular formula is C15H21NO2. The van der Waals surface area contributed by atoms with Crippen LogP contribution in [0.5, 0.6) is 0 Å². The number of hydrogen-bond donors (Lipinski definition) is 0. The Kier molecular flexibility index (Phi) is 4.02. The highest BCUT2D eigenvalue weighted by atomic mass is 16.7. The van der Waals surface area contributed by atoms with E-state index in [1.54, 1.807) is 0 Å². The Hall–Kier alpha value is -1.35. The molecule has 1 aliphatic heterocycles. The van der Waals surface area contributed by atoms with Crippen molar-refractivity contribution >= 4 is 5.97 Å². The first kappa shape index (κ1) is 13.1. The summed E-state index contributed by atoms with van der Waals surface area (Å²) in [6.45, 7) is 7.04. The summed E-state index contributed by atoms with van der Waals surface area (Å²) in [5.74, 6) is 0.470. The van der Waals surface area contributed by atoms with E-state index in [1.807, 2.05) is 23.3 Å². The topological polar surface area (TPSA) is 29.5 Å². The molecule has 0 bridgehead atoms. The average Bonchev–Trinajstić information content (AvgIpc) is 2.70. The van der Waals surface area contributed by atoms with Gasteiger partial charge in [-0.3, -0.25) is 0 Å². The molecule has 1 fully saturated rings. The van der Waals surface area contributed by atoms with E-state index in [-0.39, 0.29) is 17.9 Å². The first-order chi connectivity index (χ1) is 8.58. The maximum atomic E-state index is 11.8. The van der Waals surface area contributed by atoms with E-state index < -0.39 is 0 Å². The maximum absolute atomic E-state index is 11.8. The summed E-state index contributed by atoms with van der Waals surface area (Å²) in [5, 5.41) is 1.81. The van der Waals surface area contributed by atoms with Crippen LogP contribution in [0.15, 0.2) is 30.3 Å². The van der Waals surface area contributed by atoms with Gasteiger partial charge in [0.15, 0.2) is 0 Å². The molecule has 2 rings (SSSR count). The maximum Gasteiger partial charge on any atom is 0.329 e. The smallest absolute Gasteiger partial charge is 0.329 e. The highest BCUT2D eigenvalue weighted by Gasteiger charge is 2.36. The summed E-state index contributed by atoms with van der Waals surface area (Å²) in [5.41, 5.74) is 1.18. The fourth-order valence-corrected chi connectivity index (χ4v) is 2.39. The van der Waals surface area contributed by atoms with Gasteiger partial charge >= 0.3 is 5.97 Å². The van der Waals surface area contributed by atoms with Gasteiger partial charge in [0, 0.05) is 6.54 Å². The van der Waals surface area contributed by atoms with Crippen LogP contribution in [0.4, 0.5) is 0 Å². The fourth-order valence-electron chi connectivity index (χ4n) is 2.39. The number of benzene rings is 1. The zero-order valence-corrected chi connectivity index (χ0v) is 11.3. The lowest BCUT2D eigenvalue weighted by Gasteiger charge is -2.21. The van der Waals surface area contributed by atoms with E-state index in [0.717, 1.165) is 6.42 Å². The number of carbonyl (C=O) groups is 1. The summed E-state index contributed by atoms with van der Waals surface area (Å²) >= 11 is 0. The highest BCUT2D eigenvalue weighted by molar-refractivity contribution is 5.74. The Morgan fingerprint density at radius 3 is 2.56 bits per heavy atom. The summed E-state index contributed by atoms with van der Waals surface area (Å²) in [7, 11) is 0. The van der Waals surface area contributed by atoms with Crippen molar-refractivity contribution in [3.63, 3.8) is 0 Å². The van der Waals surface area contributed by atoms with Gasteiger partial charge < -0.3 is 4.84 Å². The van der Waals surface area contributed by atoms with Crippen molar-refractivity contribution < 1.29 is 9.63 Å². The largest absolute Gasteiger partial charge is 0.367 e. The number of hydroxylamine groups is 2. The Balaban J connectivity index is 2.02. The Labute approximate surface area is 109 Å². The van der Waals surface area contributed by atoms with E-state index in [4.69, 9.17) is 4.84 Å². The molecule has 3 nitrogen and oxygen atoms in total. The molecule has 0 aliphatic carbocycles. The van der Waals surface area contributed by atoms with Gasteiger partial charge in [-0.15, -0.1) is 5.06 Å². The molecule has 2 atom stereocenters. The van der Waals surface area contributed by atoms with Crippen molar-refractivity contribution in [1.29, 1.82) is 0 Å². The van der Waals surface area contributed by atoms with Crippen molar-refractivity contribution in [3.05, 3.63) is 35.9 Å². The van der Waals surface area contributed by atoms with Crippen LogP contribution in [-0.4, -0.2) is 17.6 Å². The number of hydrogen-bond acceptors (Lipinski definition) is 3. The first-order valence-corrected chi connectivity index (χ1v) is 6.61. The predicted molar refractivity (Wildman–Crippen MR) is 70.6 cm³/mol. The highest BCUT2D eigenvalue weighted by Crippen LogP contribution is 2.29. The second kappa shape index (κ2) is 5.53. The second-order valence-corrected chi connectivity index (χ2v) is 5.42. The first-order valence-electron chi connectivity index (χ1n) is 6.61. The molecule has 98 valence electrons.